The molecule has 0 atom stereocenters. The van der Waals surface area contributed by atoms with E-state index < -0.39 is 5.82 Å². The molecule has 0 aliphatic heterocycles. The van der Waals surface area contributed by atoms with Crippen LogP contribution < -0.4 is 4.90 Å². The molecule has 2 aromatic rings. The second-order valence-corrected chi connectivity index (χ2v) is 5.27. The number of phenols is 1. The second-order valence-electron chi connectivity index (χ2n) is 5.27. The summed E-state index contributed by atoms with van der Waals surface area (Å²) in [4.78, 5) is 2.28. The van der Waals surface area contributed by atoms with Crippen molar-refractivity contribution < 1.29 is 9.50 Å². The van der Waals surface area contributed by atoms with Crippen molar-refractivity contribution in [3.05, 3.63) is 58.9 Å². The molecular weight excluding hydrogens is 277 g/mol. The van der Waals surface area contributed by atoms with Gasteiger partial charge in [0.15, 0.2) is 11.6 Å². The molecule has 2 nitrogen and oxygen atoms in total. The summed E-state index contributed by atoms with van der Waals surface area (Å²) in [6.45, 7) is 7.93. The normalized spacial score (nSPS) is 11.1. The Bertz CT molecular complexity index is 635. The number of aromatic hydroxyl groups is 1. The molecule has 0 saturated heterocycles. The van der Waals surface area contributed by atoms with Gasteiger partial charge in [0.1, 0.15) is 0 Å². The molecular formula is C19H22FNO. The number of hydrogen-bond donors (Lipinski definition) is 1. The minimum absolute atomic E-state index is 0.277. The molecule has 0 amide bonds. The van der Waals surface area contributed by atoms with Gasteiger partial charge in [0.25, 0.3) is 0 Å². The summed E-state index contributed by atoms with van der Waals surface area (Å²) in [5, 5.41) is 9.44. The summed E-state index contributed by atoms with van der Waals surface area (Å²) in [6.07, 6.45) is 3.79. The second kappa shape index (κ2) is 7.12. The topological polar surface area (TPSA) is 23.5 Å². The number of halogens is 1. The first-order valence-electron chi connectivity index (χ1n) is 7.57. The number of nitrogens with zero attached hydrogens (tertiary/aromatic N) is 1. The zero-order chi connectivity index (χ0) is 16.1. The number of benzene rings is 2. The number of anilines is 1. The number of rotatable bonds is 5. The highest BCUT2D eigenvalue weighted by atomic mass is 19.1. The number of hydrogen-bond acceptors (Lipinski definition) is 2. The fraction of sp³-hybridized carbons (Fsp3) is 0.263. The molecule has 0 spiro atoms. The van der Waals surface area contributed by atoms with Crippen LogP contribution >= 0.6 is 0 Å². The zero-order valence-corrected chi connectivity index (χ0v) is 13.3. The maximum atomic E-state index is 13.5. The molecule has 3 heteroatoms. The average Bonchev–Trinajstić information content (AvgIpc) is 2.53. The van der Waals surface area contributed by atoms with Crippen LogP contribution in [0.25, 0.3) is 12.2 Å². The van der Waals surface area contributed by atoms with Crippen molar-refractivity contribution in [1.29, 1.82) is 0 Å². The number of phenolic OH excluding ortho intramolecular Hbond substituents is 1. The Morgan fingerprint density at radius 2 is 1.59 bits per heavy atom. The van der Waals surface area contributed by atoms with Gasteiger partial charge in [-0.05, 0) is 61.7 Å². The highest BCUT2D eigenvalue weighted by Gasteiger charge is 2.04. The molecule has 2 rings (SSSR count). The molecule has 0 aliphatic rings. The standard InChI is InChI=1S/C19H22FNO/c1-4-21(5-2)17-10-8-15(9-11-17)6-7-16-12-14(3)19(22)18(20)13-16/h6-13,22H,4-5H2,1-3H3/b7-6+. The monoisotopic (exact) mass is 299 g/mol. The molecule has 2 aromatic carbocycles. The third kappa shape index (κ3) is 3.67. The van der Waals surface area contributed by atoms with E-state index in [2.05, 4.69) is 30.9 Å². The van der Waals surface area contributed by atoms with E-state index >= 15 is 0 Å². The lowest BCUT2D eigenvalue weighted by Gasteiger charge is -2.20. The molecule has 22 heavy (non-hydrogen) atoms. The van der Waals surface area contributed by atoms with Gasteiger partial charge < -0.3 is 10.0 Å². The summed E-state index contributed by atoms with van der Waals surface area (Å²) < 4.78 is 13.5. The maximum Gasteiger partial charge on any atom is 0.165 e. The van der Waals surface area contributed by atoms with Gasteiger partial charge in [0.05, 0.1) is 0 Å². The summed E-state index contributed by atoms with van der Waals surface area (Å²) in [5.41, 5.74) is 3.54. The van der Waals surface area contributed by atoms with Crippen LogP contribution in [0, 0.1) is 12.7 Å². The lowest BCUT2D eigenvalue weighted by atomic mass is 10.1. The van der Waals surface area contributed by atoms with E-state index in [-0.39, 0.29) is 5.75 Å². The zero-order valence-electron chi connectivity index (χ0n) is 13.3. The van der Waals surface area contributed by atoms with Gasteiger partial charge in [-0.15, -0.1) is 0 Å². The van der Waals surface area contributed by atoms with Gasteiger partial charge in [0.2, 0.25) is 0 Å². The first kappa shape index (κ1) is 16.1. The van der Waals surface area contributed by atoms with Crippen LogP contribution in [-0.2, 0) is 0 Å². The third-order valence-electron chi connectivity index (χ3n) is 3.77. The van der Waals surface area contributed by atoms with Crippen LogP contribution in [0.5, 0.6) is 5.75 Å². The van der Waals surface area contributed by atoms with Gasteiger partial charge in [-0.25, -0.2) is 4.39 Å². The summed E-state index contributed by atoms with van der Waals surface area (Å²) in [5.74, 6) is -0.864. The van der Waals surface area contributed by atoms with Gasteiger partial charge >= 0.3 is 0 Å². The fourth-order valence-electron chi connectivity index (χ4n) is 2.44. The first-order chi connectivity index (χ1) is 10.5. The van der Waals surface area contributed by atoms with Crippen LogP contribution in [0.4, 0.5) is 10.1 Å². The van der Waals surface area contributed by atoms with Gasteiger partial charge in [-0.1, -0.05) is 24.3 Å². The lowest BCUT2D eigenvalue weighted by molar-refractivity contribution is 0.428. The quantitative estimate of drug-likeness (QED) is 0.797. The van der Waals surface area contributed by atoms with E-state index in [9.17, 15) is 9.50 Å². The van der Waals surface area contributed by atoms with Crippen LogP contribution in [0.1, 0.15) is 30.5 Å². The van der Waals surface area contributed by atoms with E-state index in [1.165, 1.54) is 11.8 Å². The van der Waals surface area contributed by atoms with Gasteiger partial charge in [0, 0.05) is 18.8 Å². The molecule has 116 valence electrons. The van der Waals surface area contributed by atoms with Crippen molar-refractivity contribution in [2.45, 2.75) is 20.8 Å². The van der Waals surface area contributed by atoms with Crippen molar-refractivity contribution >= 4 is 17.8 Å². The Balaban J connectivity index is 2.17. The molecule has 0 heterocycles. The Morgan fingerprint density at radius 3 is 2.14 bits per heavy atom. The Kier molecular flexibility index (Phi) is 5.21. The number of aryl methyl sites for hydroxylation is 1. The predicted octanol–water partition coefficient (Wildman–Crippen LogP) is 4.86. The lowest BCUT2D eigenvalue weighted by Crippen LogP contribution is -2.21. The van der Waals surface area contributed by atoms with Crippen LogP contribution in [0.3, 0.4) is 0 Å². The largest absolute Gasteiger partial charge is 0.505 e. The molecule has 0 bridgehead atoms. The molecule has 0 aromatic heterocycles. The van der Waals surface area contributed by atoms with Gasteiger partial charge in [-0.3, -0.25) is 0 Å². The maximum absolute atomic E-state index is 13.5. The van der Waals surface area contributed by atoms with Gasteiger partial charge in [-0.2, -0.15) is 0 Å². The highest BCUT2D eigenvalue weighted by molar-refractivity contribution is 5.71. The molecule has 0 radical (unpaired) electrons. The van der Waals surface area contributed by atoms with Crippen molar-refractivity contribution in [1.82, 2.24) is 0 Å². The minimum Gasteiger partial charge on any atom is -0.505 e. The highest BCUT2D eigenvalue weighted by Crippen LogP contribution is 2.23. The molecule has 0 unspecified atom stereocenters. The van der Waals surface area contributed by atoms with Crippen LogP contribution in [-0.4, -0.2) is 18.2 Å². The summed E-state index contributed by atoms with van der Waals surface area (Å²) in [6, 6.07) is 11.4. The Hall–Kier alpha value is -2.29. The summed E-state index contributed by atoms with van der Waals surface area (Å²) >= 11 is 0. The van der Waals surface area contributed by atoms with E-state index in [0.717, 1.165) is 24.2 Å². The molecule has 0 aliphatic carbocycles. The van der Waals surface area contributed by atoms with E-state index in [4.69, 9.17) is 0 Å². The van der Waals surface area contributed by atoms with Crippen LogP contribution in [0.15, 0.2) is 36.4 Å². The molecule has 0 saturated carbocycles. The van der Waals surface area contributed by atoms with Crippen LogP contribution in [0.2, 0.25) is 0 Å². The minimum atomic E-state index is -0.587. The van der Waals surface area contributed by atoms with Crippen molar-refractivity contribution in [3.8, 4) is 5.75 Å². The van der Waals surface area contributed by atoms with E-state index in [0.29, 0.717) is 5.56 Å². The first-order valence-corrected chi connectivity index (χ1v) is 7.57. The SMILES string of the molecule is CCN(CC)c1ccc(/C=C/c2cc(C)c(O)c(F)c2)cc1. The van der Waals surface area contributed by atoms with E-state index in [1.54, 1.807) is 13.0 Å². The Morgan fingerprint density at radius 1 is 1.00 bits per heavy atom. The van der Waals surface area contributed by atoms with Crippen molar-refractivity contribution in [2.75, 3.05) is 18.0 Å². The van der Waals surface area contributed by atoms with Crippen molar-refractivity contribution in [3.63, 3.8) is 0 Å². The molecule has 0 fully saturated rings. The predicted molar refractivity (Wildman–Crippen MR) is 91.7 cm³/mol. The summed E-state index contributed by atoms with van der Waals surface area (Å²) in [7, 11) is 0. The van der Waals surface area contributed by atoms with E-state index in [1.807, 2.05) is 24.3 Å². The third-order valence-corrected chi connectivity index (χ3v) is 3.77. The van der Waals surface area contributed by atoms with Crippen molar-refractivity contribution in [2.24, 2.45) is 0 Å². The Labute approximate surface area is 131 Å². The average molecular weight is 299 g/mol. The molecule has 1 N–H and O–H groups in total. The fourth-order valence-corrected chi connectivity index (χ4v) is 2.44. The smallest absolute Gasteiger partial charge is 0.165 e.